The van der Waals surface area contributed by atoms with Gasteiger partial charge < -0.3 is 0 Å². The molecule has 1 heteroatoms. The average molecular weight is 362 g/mol. The fraction of sp³-hybridized carbons (Fsp3) is 0.577. The molecule has 2 aliphatic carbocycles. The summed E-state index contributed by atoms with van der Waals surface area (Å²) >= 11 is 0. The molecule has 0 heterocycles. The van der Waals surface area contributed by atoms with Crippen LogP contribution in [0.1, 0.15) is 88.7 Å². The Labute approximate surface area is 166 Å². The zero-order chi connectivity index (χ0) is 19.1. The molecule has 2 unspecified atom stereocenters. The monoisotopic (exact) mass is 361 g/mol. The third-order valence-electron chi connectivity index (χ3n) is 6.56. The molecular weight excluding hydrogens is 326 g/mol. The lowest BCUT2D eigenvalue weighted by atomic mass is 9.87. The topological polar surface area (TPSA) is 23.8 Å². The average Bonchev–Trinajstić information content (AvgIpc) is 2.92. The Morgan fingerprint density at radius 2 is 1.78 bits per heavy atom. The minimum atomic E-state index is 0.622. The van der Waals surface area contributed by atoms with Crippen molar-refractivity contribution < 1.29 is 0 Å². The van der Waals surface area contributed by atoms with E-state index in [1.807, 2.05) is 0 Å². The number of allylic oxidation sites excluding steroid dienone is 4. The fourth-order valence-electron chi connectivity index (χ4n) is 4.76. The lowest BCUT2D eigenvalue weighted by Crippen LogP contribution is -2.04. The number of nitrogens with zero attached hydrogens (tertiary/aromatic N) is 1. The quantitative estimate of drug-likeness (QED) is 0.481. The van der Waals surface area contributed by atoms with Gasteiger partial charge in [-0.3, -0.25) is 0 Å². The number of rotatable bonds is 6. The second-order valence-electron chi connectivity index (χ2n) is 8.99. The fourth-order valence-corrected chi connectivity index (χ4v) is 4.76. The first kappa shape index (κ1) is 19.9. The summed E-state index contributed by atoms with van der Waals surface area (Å²) in [5.41, 5.74) is 5.35. The lowest BCUT2D eigenvalue weighted by Gasteiger charge is -2.18. The van der Waals surface area contributed by atoms with Crippen molar-refractivity contribution in [2.45, 2.75) is 84.0 Å². The van der Waals surface area contributed by atoms with E-state index in [0.717, 1.165) is 30.3 Å². The minimum absolute atomic E-state index is 0.622. The van der Waals surface area contributed by atoms with Crippen LogP contribution in [-0.2, 0) is 6.42 Å². The molecule has 3 rings (SSSR count). The maximum Gasteiger partial charge on any atom is 0.0988 e. The van der Waals surface area contributed by atoms with Crippen LogP contribution in [0, 0.1) is 23.2 Å². The normalized spacial score (nSPS) is 23.3. The Hall–Kier alpha value is -1.81. The second kappa shape index (κ2) is 9.93. The predicted octanol–water partition coefficient (Wildman–Crippen LogP) is 7.50. The van der Waals surface area contributed by atoms with Crippen LogP contribution in [0.25, 0.3) is 0 Å². The number of benzene rings is 1. The molecule has 0 N–H and O–H groups in total. The highest BCUT2D eigenvalue weighted by Gasteiger charge is 2.20. The van der Waals surface area contributed by atoms with Gasteiger partial charge in [-0.1, -0.05) is 75.4 Å². The minimum Gasteiger partial charge on any atom is -0.192 e. The molecule has 2 atom stereocenters. The van der Waals surface area contributed by atoms with Gasteiger partial charge in [0.2, 0.25) is 0 Å². The van der Waals surface area contributed by atoms with Crippen LogP contribution in [0.3, 0.4) is 0 Å². The largest absolute Gasteiger partial charge is 0.192 e. The molecule has 0 saturated heterocycles. The second-order valence-corrected chi connectivity index (χ2v) is 8.99. The SMILES string of the molecule is CC(C)c1ccc(CCC2CCCC(CC3=CC(C#N)=CCC3)CC2)cc1. The predicted molar refractivity (Wildman–Crippen MR) is 115 cm³/mol. The Kier molecular flexibility index (Phi) is 7.33. The van der Waals surface area contributed by atoms with Crippen molar-refractivity contribution >= 4 is 0 Å². The van der Waals surface area contributed by atoms with Gasteiger partial charge in [0.1, 0.15) is 0 Å². The van der Waals surface area contributed by atoms with Crippen LogP contribution in [0.4, 0.5) is 0 Å². The van der Waals surface area contributed by atoms with Crippen LogP contribution in [-0.4, -0.2) is 0 Å². The summed E-state index contributed by atoms with van der Waals surface area (Å²) in [5.74, 6) is 2.36. The maximum atomic E-state index is 9.13. The van der Waals surface area contributed by atoms with Gasteiger partial charge in [-0.2, -0.15) is 5.26 Å². The van der Waals surface area contributed by atoms with Gasteiger partial charge in [-0.15, -0.1) is 0 Å². The molecule has 1 aromatic carbocycles. The summed E-state index contributed by atoms with van der Waals surface area (Å²) < 4.78 is 0. The van der Waals surface area contributed by atoms with E-state index in [4.69, 9.17) is 5.26 Å². The summed E-state index contributed by atoms with van der Waals surface area (Å²) in [6.07, 6.45) is 17.2. The first-order valence-corrected chi connectivity index (χ1v) is 11.0. The Morgan fingerprint density at radius 1 is 1.04 bits per heavy atom. The van der Waals surface area contributed by atoms with Crippen LogP contribution < -0.4 is 0 Å². The molecule has 0 aliphatic heterocycles. The summed E-state index contributed by atoms with van der Waals surface area (Å²) in [6.45, 7) is 4.52. The van der Waals surface area contributed by atoms with E-state index < -0.39 is 0 Å². The molecule has 1 aromatic rings. The molecule has 0 radical (unpaired) electrons. The van der Waals surface area contributed by atoms with Gasteiger partial charge in [0, 0.05) is 5.57 Å². The van der Waals surface area contributed by atoms with Gasteiger partial charge in [0.25, 0.3) is 0 Å². The summed E-state index contributed by atoms with van der Waals surface area (Å²) in [6, 6.07) is 11.6. The van der Waals surface area contributed by atoms with Crippen molar-refractivity contribution in [3.63, 3.8) is 0 Å². The molecule has 0 aromatic heterocycles. The molecule has 1 nitrogen and oxygen atoms in total. The van der Waals surface area contributed by atoms with Crippen molar-refractivity contribution in [1.82, 2.24) is 0 Å². The molecule has 27 heavy (non-hydrogen) atoms. The molecule has 0 amide bonds. The van der Waals surface area contributed by atoms with E-state index in [2.05, 4.69) is 56.3 Å². The van der Waals surface area contributed by atoms with Gasteiger partial charge in [-0.25, -0.2) is 0 Å². The highest BCUT2D eigenvalue weighted by molar-refractivity contribution is 5.38. The van der Waals surface area contributed by atoms with Crippen LogP contribution in [0.2, 0.25) is 0 Å². The standard InChI is InChI=1S/C26H35N/c1-20(2)26-15-13-22(14-16-26)10-9-21-5-3-6-23(12-11-21)17-24-7-4-8-25(18-24)19-27/h8,13-16,18,20-21,23H,3-7,9-12,17H2,1-2H3. The Bertz CT molecular complexity index is 699. The lowest BCUT2D eigenvalue weighted by molar-refractivity contribution is 0.407. The maximum absolute atomic E-state index is 9.13. The summed E-state index contributed by atoms with van der Waals surface area (Å²) in [4.78, 5) is 0. The van der Waals surface area contributed by atoms with Crippen LogP contribution in [0.15, 0.2) is 47.6 Å². The number of hydrogen-bond acceptors (Lipinski definition) is 1. The van der Waals surface area contributed by atoms with Crippen molar-refractivity contribution in [3.05, 3.63) is 58.7 Å². The van der Waals surface area contributed by atoms with E-state index >= 15 is 0 Å². The van der Waals surface area contributed by atoms with Crippen molar-refractivity contribution in [1.29, 1.82) is 5.26 Å². The van der Waals surface area contributed by atoms with Gasteiger partial charge in [-0.05, 0) is 73.5 Å². The number of hydrogen-bond donors (Lipinski definition) is 0. The molecule has 1 saturated carbocycles. The van der Waals surface area contributed by atoms with Gasteiger partial charge in [0.15, 0.2) is 0 Å². The highest BCUT2D eigenvalue weighted by Crippen LogP contribution is 2.35. The van der Waals surface area contributed by atoms with Gasteiger partial charge >= 0.3 is 0 Å². The summed E-state index contributed by atoms with van der Waals surface area (Å²) in [5, 5.41) is 9.13. The first-order valence-electron chi connectivity index (χ1n) is 11.0. The zero-order valence-electron chi connectivity index (χ0n) is 17.2. The van der Waals surface area contributed by atoms with Gasteiger partial charge in [0.05, 0.1) is 6.07 Å². The van der Waals surface area contributed by atoms with Crippen LogP contribution >= 0.6 is 0 Å². The van der Waals surface area contributed by atoms with E-state index in [9.17, 15) is 0 Å². The van der Waals surface area contributed by atoms with Crippen molar-refractivity contribution in [2.24, 2.45) is 11.8 Å². The number of aryl methyl sites for hydroxylation is 1. The molecule has 2 aliphatic rings. The van der Waals surface area contributed by atoms with Crippen LogP contribution in [0.5, 0.6) is 0 Å². The molecule has 144 valence electrons. The van der Waals surface area contributed by atoms with Crippen molar-refractivity contribution in [2.75, 3.05) is 0 Å². The van der Waals surface area contributed by atoms with Crippen molar-refractivity contribution in [3.8, 4) is 6.07 Å². The van der Waals surface area contributed by atoms with E-state index in [0.29, 0.717) is 5.92 Å². The van der Waals surface area contributed by atoms with E-state index in [1.165, 1.54) is 68.1 Å². The third-order valence-corrected chi connectivity index (χ3v) is 6.56. The third kappa shape index (κ3) is 6.10. The Morgan fingerprint density at radius 3 is 2.52 bits per heavy atom. The van der Waals surface area contributed by atoms with E-state index in [-0.39, 0.29) is 0 Å². The summed E-state index contributed by atoms with van der Waals surface area (Å²) in [7, 11) is 0. The molecule has 1 fully saturated rings. The smallest absolute Gasteiger partial charge is 0.0988 e. The Balaban J connectivity index is 1.45. The molecule has 0 bridgehead atoms. The first-order chi connectivity index (χ1) is 13.1. The molecule has 0 spiro atoms. The number of nitriles is 1. The highest BCUT2D eigenvalue weighted by atomic mass is 14.3. The molecular formula is C26H35N. The van der Waals surface area contributed by atoms with E-state index in [1.54, 1.807) is 0 Å². The zero-order valence-corrected chi connectivity index (χ0v) is 17.2.